The van der Waals surface area contributed by atoms with Crippen molar-refractivity contribution in [3.05, 3.63) is 0 Å². The minimum atomic E-state index is -0.400. The molecule has 0 aliphatic carbocycles. The van der Waals surface area contributed by atoms with Crippen LogP contribution in [0.1, 0.15) is 47.0 Å². The molecule has 1 rings (SSSR count). The van der Waals surface area contributed by atoms with Crippen LogP contribution in [0.25, 0.3) is 0 Å². The zero-order chi connectivity index (χ0) is 12.3. The Hall–Kier alpha value is -0.510. The van der Waals surface area contributed by atoms with E-state index in [2.05, 4.69) is 19.2 Å². The Morgan fingerprint density at radius 2 is 2.00 bits per heavy atom. The highest BCUT2D eigenvalue weighted by Crippen LogP contribution is 2.41. The first-order chi connectivity index (χ1) is 7.45. The molecule has 0 saturated carbocycles. The normalized spacial score (nSPS) is 30.7. The highest BCUT2D eigenvalue weighted by molar-refractivity contribution is 8.02. The van der Waals surface area contributed by atoms with Crippen molar-refractivity contribution in [3.8, 4) is 0 Å². The van der Waals surface area contributed by atoms with E-state index in [-0.39, 0.29) is 17.1 Å². The molecule has 4 heteroatoms. The molecule has 1 N–H and O–H groups in total. The molecule has 0 unspecified atom stereocenters. The smallest absolute Gasteiger partial charge is 0.242 e. The van der Waals surface area contributed by atoms with E-state index in [1.54, 1.807) is 11.8 Å². The van der Waals surface area contributed by atoms with E-state index in [9.17, 15) is 9.59 Å². The lowest BCUT2D eigenvalue weighted by Gasteiger charge is -2.38. The molecule has 1 saturated heterocycles. The predicted octanol–water partition coefficient (Wildman–Crippen LogP) is 2.35. The second-order valence-electron chi connectivity index (χ2n) is 4.78. The molecule has 2 amide bonds. The van der Waals surface area contributed by atoms with Gasteiger partial charge in [-0.05, 0) is 25.2 Å². The van der Waals surface area contributed by atoms with Gasteiger partial charge in [0.15, 0.2) is 0 Å². The minimum Gasteiger partial charge on any atom is -0.294 e. The molecule has 1 heterocycles. The fourth-order valence-corrected chi connectivity index (χ4v) is 3.77. The third kappa shape index (κ3) is 2.59. The molecule has 0 bridgehead atoms. The maximum atomic E-state index is 12.0. The number of carbonyl (C=O) groups excluding carboxylic acids is 2. The largest absolute Gasteiger partial charge is 0.294 e. The van der Waals surface area contributed by atoms with Crippen LogP contribution in [0.2, 0.25) is 0 Å². The van der Waals surface area contributed by atoms with Gasteiger partial charge in [-0.2, -0.15) is 0 Å². The van der Waals surface area contributed by atoms with E-state index in [1.165, 1.54) is 0 Å². The maximum absolute atomic E-state index is 12.0. The van der Waals surface area contributed by atoms with Gasteiger partial charge in [0.25, 0.3) is 0 Å². The van der Waals surface area contributed by atoms with Crippen molar-refractivity contribution in [2.24, 2.45) is 5.92 Å². The van der Waals surface area contributed by atoms with E-state index in [1.807, 2.05) is 13.8 Å². The van der Waals surface area contributed by atoms with Crippen LogP contribution in [-0.2, 0) is 9.59 Å². The summed E-state index contributed by atoms with van der Waals surface area (Å²) in [5, 5.41) is 2.46. The number of hydrogen-bond donors (Lipinski definition) is 1. The van der Waals surface area contributed by atoms with E-state index >= 15 is 0 Å². The highest BCUT2D eigenvalue weighted by atomic mass is 32.2. The maximum Gasteiger partial charge on any atom is 0.242 e. The van der Waals surface area contributed by atoms with Crippen LogP contribution < -0.4 is 5.32 Å². The molecule has 1 aliphatic heterocycles. The minimum absolute atomic E-state index is 0.0728. The summed E-state index contributed by atoms with van der Waals surface area (Å²) in [5.74, 6) is 0.248. The molecule has 92 valence electrons. The van der Waals surface area contributed by atoms with Crippen LogP contribution in [0, 0.1) is 5.92 Å². The Balaban J connectivity index is 2.90. The van der Waals surface area contributed by atoms with E-state index < -0.39 is 4.75 Å². The highest BCUT2D eigenvalue weighted by Gasteiger charge is 2.46. The third-order valence-corrected chi connectivity index (χ3v) is 4.91. The topological polar surface area (TPSA) is 46.2 Å². The molecule has 3 nitrogen and oxygen atoms in total. The zero-order valence-electron chi connectivity index (χ0n) is 10.5. The van der Waals surface area contributed by atoms with Gasteiger partial charge in [0.05, 0.1) is 10.00 Å². The molecule has 16 heavy (non-hydrogen) atoms. The van der Waals surface area contributed by atoms with Crippen molar-refractivity contribution in [1.29, 1.82) is 0 Å². The number of thioether (sulfide) groups is 1. The second kappa shape index (κ2) is 5.21. The molecule has 0 radical (unpaired) electrons. The number of imide groups is 1. The Morgan fingerprint density at radius 1 is 1.38 bits per heavy atom. The Labute approximate surface area is 102 Å². The number of rotatable bonds is 4. The molecule has 0 aromatic carbocycles. The van der Waals surface area contributed by atoms with Gasteiger partial charge in [0.1, 0.15) is 0 Å². The van der Waals surface area contributed by atoms with Crippen LogP contribution in [0.5, 0.6) is 0 Å². The van der Waals surface area contributed by atoms with Gasteiger partial charge < -0.3 is 0 Å². The van der Waals surface area contributed by atoms with E-state index in [0.29, 0.717) is 5.92 Å². The van der Waals surface area contributed by atoms with Crippen LogP contribution >= 0.6 is 11.8 Å². The van der Waals surface area contributed by atoms with Crippen molar-refractivity contribution in [1.82, 2.24) is 5.32 Å². The molecular formula is C12H21NO2S. The predicted molar refractivity (Wildman–Crippen MR) is 67.3 cm³/mol. The first-order valence-corrected chi connectivity index (χ1v) is 6.86. The van der Waals surface area contributed by atoms with Gasteiger partial charge in [-0.1, -0.05) is 27.7 Å². The summed E-state index contributed by atoms with van der Waals surface area (Å²) in [6, 6.07) is 0. The Kier molecular flexibility index (Phi) is 4.42. The van der Waals surface area contributed by atoms with Crippen molar-refractivity contribution in [2.75, 3.05) is 0 Å². The standard InChI is InChI=1S/C12H21NO2S/c1-5-9-10(14)13-11(15)12(6-2,16-9)7-8(3)4/h8-9H,5-7H2,1-4H3,(H,13,14,15)/t9-,12+/m1/s1. The van der Waals surface area contributed by atoms with Gasteiger partial charge in [-0.15, -0.1) is 11.8 Å². The number of nitrogens with one attached hydrogen (secondary N) is 1. The summed E-state index contributed by atoms with van der Waals surface area (Å²) in [7, 11) is 0. The zero-order valence-corrected chi connectivity index (χ0v) is 11.3. The van der Waals surface area contributed by atoms with Gasteiger partial charge >= 0.3 is 0 Å². The van der Waals surface area contributed by atoms with Crippen LogP contribution in [0.4, 0.5) is 0 Å². The first-order valence-electron chi connectivity index (χ1n) is 5.98. The summed E-state index contributed by atoms with van der Waals surface area (Å²) < 4.78 is -0.400. The van der Waals surface area contributed by atoms with Crippen molar-refractivity contribution < 1.29 is 9.59 Å². The monoisotopic (exact) mass is 243 g/mol. The van der Waals surface area contributed by atoms with Gasteiger partial charge in [-0.25, -0.2) is 0 Å². The average molecular weight is 243 g/mol. The summed E-state index contributed by atoms with van der Waals surface area (Å²) in [5.41, 5.74) is 0. The van der Waals surface area contributed by atoms with Gasteiger partial charge in [0, 0.05) is 0 Å². The lowest BCUT2D eigenvalue weighted by molar-refractivity contribution is -0.133. The van der Waals surface area contributed by atoms with E-state index in [4.69, 9.17) is 0 Å². The Morgan fingerprint density at radius 3 is 2.44 bits per heavy atom. The molecule has 0 spiro atoms. The SMILES string of the molecule is CC[C@H]1S[C@@](CC)(CC(C)C)C(=O)NC1=O. The van der Waals surface area contributed by atoms with Crippen LogP contribution in [0.3, 0.4) is 0 Å². The summed E-state index contributed by atoms with van der Waals surface area (Å²) in [4.78, 5) is 23.6. The van der Waals surface area contributed by atoms with Crippen LogP contribution in [0.15, 0.2) is 0 Å². The molecule has 2 atom stereocenters. The molecule has 0 aromatic heterocycles. The molecule has 1 fully saturated rings. The van der Waals surface area contributed by atoms with Gasteiger partial charge in [-0.3, -0.25) is 14.9 Å². The molecular weight excluding hydrogens is 222 g/mol. The van der Waals surface area contributed by atoms with Crippen molar-refractivity contribution in [3.63, 3.8) is 0 Å². The molecule has 0 aromatic rings. The summed E-state index contributed by atoms with van der Waals surface area (Å²) in [6.07, 6.45) is 2.40. The first kappa shape index (κ1) is 13.6. The lowest BCUT2D eigenvalue weighted by atomic mass is 9.92. The third-order valence-electron chi connectivity index (χ3n) is 2.99. The second-order valence-corrected chi connectivity index (χ2v) is 6.37. The summed E-state index contributed by atoms with van der Waals surface area (Å²) >= 11 is 1.56. The van der Waals surface area contributed by atoms with Crippen molar-refractivity contribution >= 4 is 23.6 Å². The number of amides is 2. The van der Waals surface area contributed by atoms with Gasteiger partial charge in [0.2, 0.25) is 11.8 Å². The molecule has 1 aliphatic rings. The average Bonchev–Trinajstić information content (AvgIpc) is 2.21. The van der Waals surface area contributed by atoms with E-state index in [0.717, 1.165) is 19.3 Å². The number of hydrogen-bond acceptors (Lipinski definition) is 3. The van der Waals surface area contributed by atoms with Crippen molar-refractivity contribution in [2.45, 2.75) is 57.0 Å². The van der Waals surface area contributed by atoms with Crippen LogP contribution in [-0.4, -0.2) is 21.8 Å². The quantitative estimate of drug-likeness (QED) is 0.771. The fraction of sp³-hybridized carbons (Fsp3) is 0.833. The lowest BCUT2D eigenvalue weighted by Crippen LogP contribution is -2.55. The fourth-order valence-electron chi connectivity index (χ4n) is 2.14. The summed E-state index contributed by atoms with van der Waals surface area (Å²) in [6.45, 7) is 8.24. The number of carbonyl (C=O) groups is 2. The Bertz CT molecular complexity index is 291.